The van der Waals surface area contributed by atoms with Gasteiger partial charge in [0, 0.05) is 39.4 Å². The highest BCUT2D eigenvalue weighted by molar-refractivity contribution is 5.80. The Labute approximate surface area is 357 Å². The summed E-state index contributed by atoms with van der Waals surface area (Å²) in [5.41, 5.74) is 0. The first-order chi connectivity index (χ1) is 28.2. The first-order valence-corrected chi connectivity index (χ1v) is 24.8. The second-order valence-electron chi connectivity index (χ2n) is 17.2. The highest BCUT2D eigenvalue weighted by Gasteiger charge is 2.15. The first-order valence-electron chi connectivity index (χ1n) is 24.8. The van der Waals surface area contributed by atoms with Crippen molar-refractivity contribution < 1.29 is 33.8 Å². The maximum absolute atomic E-state index is 12.8. The summed E-state index contributed by atoms with van der Waals surface area (Å²) in [4.78, 5) is 52.5. The number of carboxylic acids is 1. The predicted molar refractivity (Wildman–Crippen MR) is 241 cm³/mol. The van der Waals surface area contributed by atoms with Gasteiger partial charge in [-0.25, -0.2) is 0 Å². The molecule has 0 saturated carbocycles. The molecule has 9 heteroatoms. The van der Waals surface area contributed by atoms with Gasteiger partial charge >= 0.3 is 17.9 Å². The van der Waals surface area contributed by atoms with Crippen molar-refractivity contribution in [2.24, 2.45) is 0 Å². The molecule has 0 unspecified atom stereocenters. The molecule has 0 fully saturated rings. The minimum absolute atomic E-state index is 0.0213. The number of amides is 1. The number of esters is 2. The average molecular weight is 823 g/mol. The van der Waals surface area contributed by atoms with E-state index >= 15 is 0 Å². The maximum atomic E-state index is 12.8. The van der Waals surface area contributed by atoms with Crippen LogP contribution in [-0.2, 0) is 28.7 Å². The van der Waals surface area contributed by atoms with Crippen LogP contribution in [0.5, 0.6) is 0 Å². The molecule has 0 radical (unpaired) electrons. The third-order valence-electron chi connectivity index (χ3n) is 11.5. The Morgan fingerprint density at radius 3 is 1.36 bits per heavy atom. The number of hydrogen-bond donors (Lipinski definition) is 1. The largest absolute Gasteiger partial charge is 0.481 e. The van der Waals surface area contributed by atoms with Crippen LogP contribution in [0.1, 0.15) is 245 Å². The van der Waals surface area contributed by atoms with Crippen molar-refractivity contribution in [2.45, 2.75) is 252 Å². The van der Waals surface area contributed by atoms with E-state index in [1.54, 1.807) is 11.9 Å². The molecular formula is C49H94N2O7. The fourth-order valence-electron chi connectivity index (χ4n) is 7.56. The summed E-state index contributed by atoms with van der Waals surface area (Å²) in [6, 6.07) is 0. The number of likely N-dealkylation sites (N-methyl/N-ethyl adjacent to an activating group) is 1. The molecule has 9 nitrogen and oxygen atoms in total. The lowest BCUT2D eigenvalue weighted by molar-refractivity contribution is -0.150. The monoisotopic (exact) mass is 823 g/mol. The third-order valence-corrected chi connectivity index (χ3v) is 11.5. The molecule has 0 aromatic heterocycles. The second kappa shape index (κ2) is 42.9. The molecule has 342 valence electrons. The zero-order valence-electron chi connectivity index (χ0n) is 38.7. The molecule has 1 N–H and O–H groups in total. The molecule has 0 rings (SSSR count). The number of carbonyl (C=O) groups is 4. The van der Waals surface area contributed by atoms with Crippen molar-refractivity contribution in [3.63, 3.8) is 0 Å². The number of hydrogen-bond acceptors (Lipinski definition) is 7. The molecule has 0 aliphatic rings. The number of unbranched alkanes of at least 4 members (excludes halogenated alkanes) is 24. The molecule has 58 heavy (non-hydrogen) atoms. The molecule has 0 saturated heterocycles. The van der Waals surface area contributed by atoms with Gasteiger partial charge in [-0.05, 0) is 70.9 Å². The highest BCUT2D eigenvalue weighted by Crippen LogP contribution is 2.19. The molecule has 0 aliphatic carbocycles. The summed E-state index contributed by atoms with van der Waals surface area (Å²) in [5, 5.41) is 8.97. The number of aliphatic carboxylic acids is 1. The Kier molecular flexibility index (Phi) is 41.3. The van der Waals surface area contributed by atoms with Crippen LogP contribution in [0.2, 0.25) is 0 Å². The lowest BCUT2D eigenvalue weighted by Gasteiger charge is -2.26. The second-order valence-corrected chi connectivity index (χ2v) is 17.2. The van der Waals surface area contributed by atoms with Crippen molar-refractivity contribution in [2.75, 3.05) is 39.8 Å². The van der Waals surface area contributed by atoms with E-state index in [9.17, 15) is 19.2 Å². The first kappa shape index (κ1) is 55.8. The van der Waals surface area contributed by atoms with Crippen LogP contribution < -0.4 is 0 Å². The Hall–Kier alpha value is -2.16. The lowest BCUT2D eigenvalue weighted by Crippen LogP contribution is -2.37. The van der Waals surface area contributed by atoms with Crippen molar-refractivity contribution in [3.8, 4) is 0 Å². The van der Waals surface area contributed by atoms with E-state index in [1.165, 1.54) is 109 Å². The Morgan fingerprint density at radius 2 is 0.862 bits per heavy atom. The van der Waals surface area contributed by atoms with Crippen molar-refractivity contribution in [1.29, 1.82) is 0 Å². The summed E-state index contributed by atoms with van der Waals surface area (Å²) < 4.78 is 11.5. The summed E-state index contributed by atoms with van der Waals surface area (Å²) in [6.45, 7) is 10.4. The highest BCUT2D eigenvalue weighted by atomic mass is 16.5. The summed E-state index contributed by atoms with van der Waals surface area (Å²) in [7, 11) is 1.75. The van der Waals surface area contributed by atoms with Gasteiger partial charge in [-0.1, -0.05) is 162 Å². The molecule has 0 aromatic carbocycles. The van der Waals surface area contributed by atoms with Gasteiger partial charge in [0.1, 0.15) is 6.10 Å². The van der Waals surface area contributed by atoms with E-state index in [0.717, 1.165) is 110 Å². The zero-order valence-corrected chi connectivity index (χ0v) is 38.7. The van der Waals surface area contributed by atoms with Gasteiger partial charge in [-0.15, -0.1) is 0 Å². The summed E-state index contributed by atoms with van der Waals surface area (Å²) in [6.07, 6.45) is 37.1. The zero-order chi connectivity index (χ0) is 42.7. The normalized spacial score (nSPS) is 11.4. The topological polar surface area (TPSA) is 113 Å². The van der Waals surface area contributed by atoms with Gasteiger partial charge in [-0.3, -0.25) is 19.2 Å². The Morgan fingerprint density at radius 1 is 0.448 bits per heavy atom. The fraction of sp³-hybridized carbons (Fsp3) is 0.918. The van der Waals surface area contributed by atoms with Gasteiger partial charge in [-0.2, -0.15) is 0 Å². The van der Waals surface area contributed by atoms with Crippen LogP contribution in [0.25, 0.3) is 0 Å². The predicted octanol–water partition coefficient (Wildman–Crippen LogP) is 13.0. The van der Waals surface area contributed by atoms with Crippen LogP contribution in [0, 0.1) is 0 Å². The number of ether oxygens (including phenoxy) is 2. The molecule has 0 heterocycles. The minimum atomic E-state index is -0.955. The van der Waals surface area contributed by atoms with Crippen LogP contribution in [-0.4, -0.2) is 84.7 Å². The van der Waals surface area contributed by atoms with Crippen LogP contribution in [0.15, 0.2) is 0 Å². The van der Waals surface area contributed by atoms with Crippen LogP contribution >= 0.6 is 0 Å². The molecule has 0 bridgehead atoms. The van der Waals surface area contributed by atoms with Gasteiger partial charge < -0.3 is 24.4 Å². The van der Waals surface area contributed by atoms with E-state index in [-0.39, 0.29) is 36.8 Å². The van der Waals surface area contributed by atoms with Crippen molar-refractivity contribution >= 4 is 23.8 Å². The van der Waals surface area contributed by atoms with Gasteiger partial charge in [0.05, 0.1) is 13.0 Å². The molecule has 0 aromatic rings. The van der Waals surface area contributed by atoms with Gasteiger partial charge in [0.25, 0.3) is 0 Å². The molecule has 0 aliphatic heterocycles. The lowest BCUT2D eigenvalue weighted by atomic mass is 10.0. The van der Waals surface area contributed by atoms with E-state index in [0.29, 0.717) is 26.0 Å². The Balaban J connectivity index is 4.52. The van der Waals surface area contributed by atoms with Gasteiger partial charge in [0.15, 0.2) is 0 Å². The quantitative estimate of drug-likeness (QED) is 0.0477. The van der Waals surface area contributed by atoms with E-state index in [4.69, 9.17) is 14.6 Å². The molecule has 0 atom stereocenters. The van der Waals surface area contributed by atoms with Crippen molar-refractivity contribution in [3.05, 3.63) is 0 Å². The summed E-state index contributed by atoms with van der Waals surface area (Å²) in [5.74, 6) is -1.21. The smallest absolute Gasteiger partial charge is 0.306 e. The van der Waals surface area contributed by atoms with Crippen LogP contribution in [0.4, 0.5) is 0 Å². The fourth-order valence-corrected chi connectivity index (χ4v) is 7.56. The number of nitrogens with zero attached hydrogens (tertiary/aromatic N) is 2. The van der Waals surface area contributed by atoms with Crippen LogP contribution in [0.3, 0.4) is 0 Å². The SMILES string of the molecule is CCCCCCCCCCCOC(=O)CCCCCN(CCCCCCCC(=O)OC(CCCCCCCC)CCCCCCCC)CCN(C)C(=O)CCC(=O)O. The number of carboxylic acid groups (broad SMARTS) is 1. The van der Waals surface area contributed by atoms with E-state index in [1.807, 2.05) is 0 Å². The minimum Gasteiger partial charge on any atom is -0.481 e. The molecular weight excluding hydrogens is 729 g/mol. The van der Waals surface area contributed by atoms with Crippen molar-refractivity contribution in [1.82, 2.24) is 9.80 Å². The van der Waals surface area contributed by atoms with E-state index < -0.39 is 5.97 Å². The van der Waals surface area contributed by atoms with E-state index in [2.05, 4.69) is 25.7 Å². The average Bonchev–Trinajstić information content (AvgIpc) is 3.20. The third kappa shape index (κ3) is 39.3. The number of rotatable bonds is 45. The summed E-state index contributed by atoms with van der Waals surface area (Å²) >= 11 is 0. The number of carbonyl (C=O) groups excluding carboxylic acids is 3. The Bertz CT molecular complexity index is 945. The molecule has 1 amide bonds. The van der Waals surface area contributed by atoms with Gasteiger partial charge in [0.2, 0.25) is 5.91 Å². The molecule has 0 spiro atoms. The maximum Gasteiger partial charge on any atom is 0.306 e. The standard InChI is InChI=1S/C49H94N2O7/c1-5-8-11-14-17-18-19-25-33-44-57-48(55)36-30-26-32-41-51(43-42-50(4)46(52)38-39-47(53)54)40-31-24-20-23-29-37-49(56)58-45(34-27-21-15-12-9-6-2)35-28-22-16-13-10-7-3/h45H,5-44H2,1-4H3,(H,53,54).